The summed E-state index contributed by atoms with van der Waals surface area (Å²) < 4.78 is 0. The first-order valence-electron chi connectivity index (χ1n) is 11.7. The van der Waals surface area contributed by atoms with Crippen molar-refractivity contribution >= 4 is 40.2 Å². The number of carbonyl (C=O) groups is 4. The topological polar surface area (TPSA) is 136 Å². The molecule has 0 spiro atoms. The number of hydrogen-bond donors (Lipinski definition) is 4. The van der Waals surface area contributed by atoms with E-state index in [9.17, 15) is 19.2 Å². The predicted octanol–water partition coefficient (Wildman–Crippen LogP) is 2.06. The van der Waals surface area contributed by atoms with E-state index in [0.29, 0.717) is 12.2 Å². The average Bonchev–Trinajstić information content (AvgIpc) is 3.42. The Hall–Kier alpha value is -4.31. The number of nitrogens with zero attached hydrogens (tertiary/aromatic N) is 2. The standard InChI is InChI=1S/C26H26N6O4/c1-26(2,27-13-15-6-7-16-14-28-31-19(16)10-15)17-4-3-5-18(11-17)29-20-12-23(34)32(25(20)36)21-8-9-22(33)30-24(21)35/h3-7,10-12,14,21,27,29H,8-9,13H2,1-2H3,(H,28,31)(H,30,33,35). The van der Waals surface area contributed by atoms with Gasteiger partial charge in [0.15, 0.2) is 0 Å². The molecule has 10 heteroatoms. The van der Waals surface area contributed by atoms with E-state index in [-0.39, 0.29) is 18.5 Å². The third-order valence-electron chi connectivity index (χ3n) is 6.58. The highest BCUT2D eigenvalue weighted by atomic mass is 16.2. The van der Waals surface area contributed by atoms with Crippen molar-refractivity contribution in [2.45, 2.75) is 44.8 Å². The molecule has 3 aromatic rings. The first-order valence-corrected chi connectivity index (χ1v) is 11.7. The highest BCUT2D eigenvalue weighted by molar-refractivity contribution is 6.20. The van der Waals surface area contributed by atoms with Crippen LogP contribution >= 0.6 is 0 Å². The largest absolute Gasteiger partial charge is 0.351 e. The van der Waals surface area contributed by atoms with Gasteiger partial charge >= 0.3 is 0 Å². The van der Waals surface area contributed by atoms with Gasteiger partial charge in [0, 0.05) is 35.7 Å². The van der Waals surface area contributed by atoms with Gasteiger partial charge in [-0.05, 0) is 49.6 Å². The van der Waals surface area contributed by atoms with Crippen LogP contribution in [0.1, 0.15) is 37.8 Å². The lowest BCUT2D eigenvalue weighted by Crippen LogP contribution is -2.54. The highest BCUT2D eigenvalue weighted by Gasteiger charge is 2.42. The Morgan fingerprint density at radius 3 is 2.75 bits per heavy atom. The van der Waals surface area contributed by atoms with Gasteiger partial charge in [0.25, 0.3) is 11.8 Å². The third-order valence-corrected chi connectivity index (χ3v) is 6.58. The molecule has 3 heterocycles. The van der Waals surface area contributed by atoms with Gasteiger partial charge in [-0.15, -0.1) is 0 Å². The summed E-state index contributed by atoms with van der Waals surface area (Å²) >= 11 is 0. The fourth-order valence-corrected chi connectivity index (χ4v) is 4.46. The average molecular weight is 487 g/mol. The van der Waals surface area contributed by atoms with Gasteiger partial charge in [0.1, 0.15) is 11.7 Å². The minimum atomic E-state index is -0.992. The molecule has 1 saturated heterocycles. The van der Waals surface area contributed by atoms with Crippen LogP contribution in [0.25, 0.3) is 10.9 Å². The number of piperidine rings is 1. The monoisotopic (exact) mass is 486 g/mol. The van der Waals surface area contributed by atoms with Gasteiger partial charge < -0.3 is 10.6 Å². The van der Waals surface area contributed by atoms with E-state index in [4.69, 9.17) is 0 Å². The molecule has 1 aromatic heterocycles. The number of hydrogen-bond acceptors (Lipinski definition) is 7. The molecule has 1 fully saturated rings. The van der Waals surface area contributed by atoms with Crippen molar-refractivity contribution in [2.24, 2.45) is 0 Å². The lowest BCUT2D eigenvalue weighted by Gasteiger charge is -2.28. The maximum Gasteiger partial charge on any atom is 0.278 e. The number of rotatable bonds is 7. The van der Waals surface area contributed by atoms with Crippen molar-refractivity contribution < 1.29 is 19.2 Å². The minimum absolute atomic E-state index is 0.0795. The molecule has 0 radical (unpaired) electrons. The van der Waals surface area contributed by atoms with E-state index in [1.54, 1.807) is 12.3 Å². The summed E-state index contributed by atoms with van der Waals surface area (Å²) in [5.74, 6) is -2.21. The molecule has 1 atom stereocenters. The number of benzene rings is 2. The fourth-order valence-electron chi connectivity index (χ4n) is 4.46. The van der Waals surface area contributed by atoms with E-state index in [1.165, 1.54) is 6.08 Å². The summed E-state index contributed by atoms with van der Waals surface area (Å²) in [6.07, 6.45) is 3.17. The predicted molar refractivity (Wildman–Crippen MR) is 132 cm³/mol. The number of carbonyl (C=O) groups excluding carboxylic acids is 4. The number of aromatic nitrogens is 2. The summed E-state index contributed by atoms with van der Waals surface area (Å²) in [4.78, 5) is 50.0. The maximum absolute atomic E-state index is 13.0. The van der Waals surface area contributed by atoms with E-state index in [1.807, 2.05) is 24.3 Å². The van der Waals surface area contributed by atoms with Crippen LogP contribution in [0.4, 0.5) is 5.69 Å². The maximum atomic E-state index is 13.0. The molecule has 10 nitrogen and oxygen atoms in total. The number of aromatic amines is 1. The van der Waals surface area contributed by atoms with Gasteiger partial charge in [-0.1, -0.05) is 24.3 Å². The molecule has 4 N–H and O–H groups in total. The molecule has 1 unspecified atom stereocenters. The van der Waals surface area contributed by atoms with Gasteiger partial charge in [0.05, 0.1) is 11.7 Å². The van der Waals surface area contributed by atoms with Crippen LogP contribution < -0.4 is 16.0 Å². The van der Waals surface area contributed by atoms with Gasteiger partial charge in [0.2, 0.25) is 11.8 Å². The normalized spacial score (nSPS) is 18.6. The van der Waals surface area contributed by atoms with Crippen molar-refractivity contribution in [2.75, 3.05) is 5.32 Å². The van der Waals surface area contributed by atoms with Crippen molar-refractivity contribution in [3.8, 4) is 0 Å². The molecule has 0 aliphatic carbocycles. The second-order valence-corrected chi connectivity index (χ2v) is 9.51. The van der Waals surface area contributed by atoms with Crippen LogP contribution in [-0.2, 0) is 31.3 Å². The van der Waals surface area contributed by atoms with Gasteiger partial charge in [-0.25, -0.2) is 0 Å². The first-order chi connectivity index (χ1) is 17.2. The molecule has 4 amide bonds. The zero-order valence-corrected chi connectivity index (χ0v) is 19.9. The fraction of sp³-hybridized carbons (Fsp3) is 0.269. The Balaban J connectivity index is 1.27. The van der Waals surface area contributed by atoms with Gasteiger partial charge in [-0.3, -0.25) is 34.5 Å². The number of anilines is 1. The van der Waals surface area contributed by atoms with E-state index < -0.39 is 35.2 Å². The molecule has 36 heavy (non-hydrogen) atoms. The minimum Gasteiger partial charge on any atom is -0.351 e. The van der Waals surface area contributed by atoms with Crippen LogP contribution in [-0.4, -0.2) is 44.8 Å². The molecule has 2 aromatic carbocycles. The molecule has 2 aliphatic rings. The Kier molecular flexibility index (Phi) is 5.89. The molecular formula is C26H26N6O4. The SMILES string of the molecule is CC(C)(NCc1ccc2cn[nH]c2c1)c1cccc(NC2=CC(=O)N(C3CCC(=O)NC3=O)C2=O)c1. The quantitative estimate of drug-likeness (QED) is 0.375. The zero-order valence-electron chi connectivity index (χ0n) is 19.9. The number of H-pyrrole nitrogens is 1. The zero-order chi connectivity index (χ0) is 25.4. The summed E-state index contributed by atoms with van der Waals surface area (Å²) in [5.41, 5.74) is 3.40. The smallest absolute Gasteiger partial charge is 0.278 e. The highest BCUT2D eigenvalue weighted by Crippen LogP contribution is 2.27. The van der Waals surface area contributed by atoms with Crippen molar-refractivity contribution in [1.29, 1.82) is 0 Å². The third kappa shape index (κ3) is 4.50. The summed E-state index contributed by atoms with van der Waals surface area (Å²) in [6, 6.07) is 12.7. The first kappa shape index (κ1) is 23.4. The van der Waals surface area contributed by atoms with Crippen LogP contribution in [0, 0.1) is 0 Å². The Morgan fingerprint density at radius 1 is 1.11 bits per heavy atom. The number of fused-ring (bicyclic) bond motifs is 1. The van der Waals surface area contributed by atoms with Crippen LogP contribution in [0.5, 0.6) is 0 Å². The molecule has 2 aliphatic heterocycles. The second kappa shape index (κ2) is 9.04. The second-order valence-electron chi connectivity index (χ2n) is 9.51. The molecule has 184 valence electrons. The number of imide groups is 2. The number of amides is 4. The Bertz CT molecular complexity index is 1420. The number of nitrogens with one attached hydrogen (secondary N) is 4. The van der Waals surface area contributed by atoms with Crippen LogP contribution in [0.3, 0.4) is 0 Å². The molecule has 5 rings (SSSR count). The Morgan fingerprint density at radius 2 is 1.94 bits per heavy atom. The van der Waals surface area contributed by atoms with E-state index in [2.05, 4.69) is 52.1 Å². The van der Waals surface area contributed by atoms with Crippen molar-refractivity contribution in [1.82, 2.24) is 25.7 Å². The summed E-state index contributed by atoms with van der Waals surface area (Å²) in [5, 5.41) is 16.9. The Labute approximate surface area is 207 Å². The molecule has 0 saturated carbocycles. The van der Waals surface area contributed by atoms with Crippen LogP contribution in [0.15, 0.2) is 60.4 Å². The summed E-state index contributed by atoms with van der Waals surface area (Å²) in [6.45, 7) is 4.77. The lowest BCUT2D eigenvalue weighted by molar-refractivity contribution is -0.149. The van der Waals surface area contributed by atoms with E-state index in [0.717, 1.165) is 26.9 Å². The van der Waals surface area contributed by atoms with E-state index >= 15 is 0 Å². The molecular weight excluding hydrogens is 460 g/mol. The lowest BCUT2D eigenvalue weighted by atomic mass is 9.93. The van der Waals surface area contributed by atoms with Crippen molar-refractivity contribution in [3.05, 3.63) is 71.6 Å². The van der Waals surface area contributed by atoms with Crippen LogP contribution in [0.2, 0.25) is 0 Å². The molecule has 0 bridgehead atoms. The summed E-state index contributed by atoms with van der Waals surface area (Å²) in [7, 11) is 0. The van der Waals surface area contributed by atoms with Gasteiger partial charge in [-0.2, -0.15) is 5.10 Å². The van der Waals surface area contributed by atoms with Crippen molar-refractivity contribution in [3.63, 3.8) is 0 Å².